The lowest BCUT2D eigenvalue weighted by atomic mass is 9.82. The van der Waals surface area contributed by atoms with Crippen molar-refractivity contribution in [3.05, 3.63) is 0 Å². The van der Waals surface area contributed by atoms with E-state index in [1.165, 1.54) is 0 Å². The molecule has 0 saturated carbocycles. The summed E-state index contributed by atoms with van der Waals surface area (Å²) < 4.78 is 5.41. The molecule has 0 rings (SSSR count). The van der Waals surface area contributed by atoms with Gasteiger partial charge in [-0.25, -0.2) is 0 Å². The van der Waals surface area contributed by atoms with E-state index in [1.807, 2.05) is 0 Å². The SMILES string of the molecule is CCCCOC[C@H](O)CNC(C)(C)CC(C)(C)C. The lowest BCUT2D eigenvalue weighted by molar-refractivity contribution is 0.0311. The first-order valence-corrected chi connectivity index (χ1v) is 7.17. The summed E-state index contributed by atoms with van der Waals surface area (Å²) in [4.78, 5) is 0. The molecule has 0 aliphatic carbocycles. The van der Waals surface area contributed by atoms with Gasteiger partial charge in [0.05, 0.1) is 12.7 Å². The van der Waals surface area contributed by atoms with Crippen molar-refractivity contribution < 1.29 is 9.84 Å². The van der Waals surface area contributed by atoms with Gasteiger partial charge in [0.1, 0.15) is 0 Å². The van der Waals surface area contributed by atoms with E-state index in [2.05, 4.69) is 46.9 Å². The molecule has 0 amide bonds. The van der Waals surface area contributed by atoms with Crippen molar-refractivity contribution in [2.24, 2.45) is 5.41 Å². The Labute approximate surface area is 113 Å². The number of aliphatic hydroxyl groups is 1. The molecule has 0 radical (unpaired) electrons. The van der Waals surface area contributed by atoms with E-state index in [4.69, 9.17) is 4.74 Å². The Morgan fingerprint density at radius 1 is 1.17 bits per heavy atom. The largest absolute Gasteiger partial charge is 0.389 e. The molecule has 0 spiro atoms. The summed E-state index contributed by atoms with van der Waals surface area (Å²) in [7, 11) is 0. The van der Waals surface area contributed by atoms with Gasteiger partial charge in [-0.1, -0.05) is 34.1 Å². The Kier molecular flexibility index (Phi) is 8.08. The summed E-state index contributed by atoms with van der Waals surface area (Å²) in [6.45, 7) is 15.0. The van der Waals surface area contributed by atoms with E-state index in [1.54, 1.807) is 0 Å². The number of hydrogen-bond donors (Lipinski definition) is 2. The van der Waals surface area contributed by atoms with Crippen LogP contribution in [0, 0.1) is 5.41 Å². The Bertz CT molecular complexity index is 209. The average Bonchev–Trinajstić information content (AvgIpc) is 2.18. The number of nitrogens with one attached hydrogen (secondary N) is 1. The number of rotatable bonds is 9. The van der Waals surface area contributed by atoms with Crippen molar-refractivity contribution in [2.45, 2.75) is 72.4 Å². The lowest BCUT2D eigenvalue weighted by Gasteiger charge is -2.34. The summed E-state index contributed by atoms with van der Waals surface area (Å²) in [5, 5.41) is 13.2. The summed E-state index contributed by atoms with van der Waals surface area (Å²) >= 11 is 0. The van der Waals surface area contributed by atoms with Crippen molar-refractivity contribution in [1.82, 2.24) is 5.32 Å². The van der Waals surface area contributed by atoms with Crippen LogP contribution in [0.4, 0.5) is 0 Å². The minimum Gasteiger partial charge on any atom is -0.389 e. The third-order valence-corrected chi connectivity index (χ3v) is 2.74. The molecule has 0 unspecified atom stereocenters. The summed E-state index contributed by atoms with van der Waals surface area (Å²) in [5.74, 6) is 0. The molecule has 0 aromatic heterocycles. The molecule has 0 aromatic rings. The molecule has 2 N–H and O–H groups in total. The molecular weight excluding hydrogens is 226 g/mol. The molecule has 0 fully saturated rings. The van der Waals surface area contributed by atoms with Crippen molar-refractivity contribution in [3.8, 4) is 0 Å². The summed E-state index contributed by atoms with van der Waals surface area (Å²) in [6.07, 6.45) is 2.85. The average molecular weight is 259 g/mol. The number of β-amino-alcohol motifs (C(OH)–C–C–N with tert-alkyl or cyclic N) is 1. The quantitative estimate of drug-likeness (QED) is 0.626. The van der Waals surface area contributed by atoms with E-state index in [-0.39, 0.29) is 5.54 Å². The predicted octanol–water partition coefficient (Wildman–Crippen LogP) is 2.97. The van der Waals surface area contributed by atoms with Crippen molar-refractivity contribution in [3.63, 3.8) is 0 Å². The van der Waals surface area contributed by atoms with Gasteiger partial charge in [0.2, 0.25) is 0 Å². The van der Waals surface area contributed by atoms with Crippen LogP contribution >= 0.6 is 0 Å². The second-order valence-electron chi connectivity index (χ2n) is 7.08. The van der Waals surface area contributed by atoms with Gasteiger partial charge in [-0.3, -0.25) is 0 Å². The van der Waals surface area contributed by atoms with Crippen LogP contribution in [0.2, 0.25) is 0 Å². The third kappa shape index (κ3) is 11.0. The van der Waals surface area contributed by atoms with Gasteiger partial charge in [0.25, 0.3) is 0 Å². The third-order valence-electron chi connectivity index (χ3n) is 2.74. The van der Waals surface area contributed by atoms with Gasteiger partial charge < -0.3 is 15.2 Å². The maximum absolute atomic E-state index is 9.82. The van der Waals surface area contributed by atoms with E-state index in [0.29, 0.717) is 18.6 Å². The highest BCUT2D eigenvalue weighted by molar-refractivity contribution is 4.84. The Balaban J connectivity index is 3.79. The van der Waals surface area contributed by atoms with Crippen LogP contribution in [-0.2, 0) is 4.74 Å². The molecule has 0 saturated heterocycles. The second-order valence-corrected chi connectivity index (χ2v) is 7.08. The summed E-state index contributed by atoms with van der Waals surface area (Å²) in [6, 6.07) is 0. The number of aliphatic hydroxyl groups excluding tert-OH is 1. The van der Waals surface area contributed by atoms with Gasteiger partial charge in [0, 0.05) is 18.7 Å². The van der Waals surface area contributed by atoms with E-state index < -0.39 is 6.10 Å². The highest BCUT2D eigenvalue weighted by atomic mass is 16.5. The van der Waals surface area contributed by atoms with Gasteiger partial charge in [-0.15, -0.1) is 0 Å². The van der Waals surface area contributed by atoms with Crippen molar-refractivity contribution in [1.29, 1.82) is 0 Å². The first-order chi connectivity index (χ1) is 8.16. The molecule has 0 aromatic carbocycles. The molecule has 0 heterocycles. The van der Waals surface area contributed by atoms with E-state index in [0.717, 1.165) is 25.9 Å². The highest BCUT2D eigenvalue weighted by Gasteiger charge is 2.25. The van der Waals surface area contributed by atoms with Gasteiger partial charge in [-0.05, 0) is 32.1 Å². The zero-order chi connectivity index (χ0) is 14.2. The molecule has 0 bridgehead atoms. The van der Waals surface area contributed by atoms with Crippen LogP contribution in [0.3, 0.4) is 0 Å². The zero-order valence-electron chi connectivity index (χ0n) is 13.2. The van der Waals surface area contributed by atoms with Crippen molar-refractivity contribution in [2.75, 3.05) is 19.8 Å². The van der Waals surface area contributed by atoms with Crippen LogP contribution in [0.15, 0.2) is 0 Å². The van der Waals surface area contributed by atoms with Crippen LogP contribution < -0.4 is 5.32 Å². The molecule has 3 heteroatoms. The number of unbranched alkanes of at least 4 members (excludes halogenated alkanes) is 1. The molecule has 18 heavy (non-hydrogen) atoms. The first kappa shape index (κ1) is 17.9. The fourth-order valence-corrected chi connectivity index (χ4v) is 2.31. The van der Waals surface area contributed by atoms with Crippen LogP contribution in [0.5, 0.6) is 0 Å². The van der Waals surface area contributed by atoms with E-state index in [9.17, 15) is 5.11 Å². The monoisotopic (exact) mass is 259 g/mol. The minimum atomic E-state index is -0.416. The predicted molar refractivity (Wildman–Crippen MR) is 77.9 cm³/mol. The molecule has 0 aliphatic heterocycles. The Morgan fingerprint density at radius 3 is 2.28 bits per heavy atom. The number of ether oxygens (including phenoxy) is 1. The molecule has 3 nitrogen and oxygen atoms in total. The smallest absolute Gasteiger partial charge is 0.0897 e. The number of hydrogen-bond acceptors (Lipinski definition) is 3. The fourth-order valence-electron chi connectivity index (χ4n) is 2.31. The van der Waals surface area contributed by atoms with Crippen molar-refractivity contribution >= 4 is 0 Å². The molecule has 1 atom stereocenters. The van der Waals surface area contributed by atoms with Gasteiger partial charge >= 0.3 is 0 Å². The Morgan fingerprint density at radius 2 is 1.78 bits per heavy atom. The molecular formula is C15H33NO2. The maximum Gasteiger partial charge on any atom is 0.0897 e. The highest BCUT2D eigenvalue weighted by Crippen LogP contribution is 2.26. The van der Waals surface area contributed by atoms with Crippen LogP contribution in [-0.4, -0.2) is 36.5 Å². The van der Waals surface area contributed by atoms with Gasteiger partial charge in [-0.2, -0.15) is 0 Å². The Hall–Kier alpha value is -0.120. The van der Waals surface area contributed by atoms with Gasteiger partial charge in [0.15, 0.2) is 0 Å². The van der Waals surface area contributed by atoms with E-state index >= 15 is 0 Å². The second kappa shape index (κ2) is 8.13. The first-order valence-electron chi connectivity index (χ1n) is 7.17. The molecule has 0 aliphatic rings. The molecule has 110 valence electrons. The normalized spacial score (nSPS) is 14.8. The van der Waals surface area contributed by atoms with Crippen LogP contribution in [0.1, 0.15) is 60.8 Å². The maximum atomic E-state index is 9.82. The van der Waals surface area contributed by atoms with Crippen LogP contribution in [0.25, 0.3) is 0 Å². The topological polar surface area (TPSA) is 41.5 Å². The minimum absolute atomic E-state index is 0.0443. The standard InChI is InChI=1S/C15H33NO2/c1-7-8-9-18-11-13(17)10-16-15(5,6)12-14(2,3)4/h13,16-17H,7-12H2,1-6H3/t13-/m1/s1. The summed E-state index contributed by atoms with van der Waals surface area (Å²) in [5.41, 5.74) is 0.335. The lowest BCUT2D eigenvalue weighted by Crippen LogP contribution is -2.46. The fraction of sp³-hybridized carbons (Fsp3) is 1.00. The zero-order valence-corrected chi connectivity index (χ0v) is 13.2.